The Morgan fingerprint density at radius 3 is 2.57 bits per heavy atom. The van der Waals surface area contributed by atoms with E-state index in [0.29, 0.717) is 11.7 Å². The molecule has 0 radical (unpaired) electrons. The zero-order valence-electron chi connectivity index (χ0n) is 12.8. The number of aromatic nitrogens is 2. The van der Waals surface area contributed by atoms with Crippen molar-refractivity contribution in [3.8, 4) is 0 Å². The number of hydrogen-bond acceptors (Lipinski definition) is 4. The van der Waals surface area contributed by atoms with Crippen molar-refractivity contribution in [1.29, 1.82) is 0 Å². The summed E-state index contributed by atoms with van der Waals surface area (Å²) in [4.78, 5) is 16.5. The van der Waals surface area contributed by atoms with Gasteiger partial charge in [-0.15, -0.1) is 10.2 Å². The Bertz CT molecular complexity index is 482. The minimum Gasteiger partial charge on any atom is -0.352 e. The van der Waals surface area contributed by atoms with E-state index in [1.54, 1.807) is 0 Å². The first kappa shape index (κ1) is 14.3. The van der Waals surface area contributed by atoms with Crippen LogP contribution in [0.3, 0.4) is 0 Å². The van der Waals surface area contributed by atoms with E-state index >= 15 is 0 Å². The Morgan fingerprint density at radius 1 is 1.14 bits per heavy atom. The first-order valence-corrected chi connectivity index (χ1v) is 8.19. The second-order valence-electron chi connectivity index (χ2n) is 6.03. The first-order valence-electron chi connectivity index (χ1n) is 8.19. The molecule has 3 rings (SSSR count). The standard InChI is InChI=1S/C16H24N4O/c1-2-13-7-3-4-12-20(13)15-9-8-14(17-18-15)16(21)19-10-5-6-11-19/h8-9,13H,2-7,10-12H2,1H3. The Morgan fingerprint density at radius 2 is 1.90 bits per heavy atom. The minimum atomic E-state index is 0.0252. The van der Waals surface area contributed by atoms with Crippen LogP contribution in [0.25, 0.3) is 0 Å². The van der Waals surface area contributed by atoms with Gasteiger partial charge in [0.05, 0.1) is 0 Å². The molecule has 2 aliphatic rings. The Balaban J connectivity index is 1.72. The topological polar surface area (TPSA) is 49.3 Å². The van der Waals surface area contributed by atoms with Crippen LogP contribution in [0.4, 0.5) is 5.82 Å². The van der Waals surface area contributed by atoms with Crippen molar-refractivity contribution >= 4 is 11.7 Å². The maximum atomic E-state index is 12.3. The van der Waals surface area contributed by atoms with E-state index in [0.717, 1.165) is 44.7 Å². The van der Waals surface area contributed by atoms with Gasteiger partial charge in [0.25, 0.3) is 5.91 Å². The fourth-order valence-electron chi connectivity index (χ4n) is 3.40. The van der Waals surface area contributed by atoms with Crippen LogP contribution in [-0.4, -0.2) is 46.7 Å². The number of likely N-dealkylation sites (tertiary alicyclic amines) is 1. The van der Waals surface area contributed by atoms with Crippen LogP contribution in [0.2, 0.25) is 0 Å². The summed E-state index contributed by atoms with van der Waals surface area (Å²) in [5.74, 6) is 0.941. The van der Waals surface area contributed by atoms with E-state index < -0.39 is 0 Å². The van der Waals surface area contributed by atoms with Gasteiger partial charge in [-0.25, -0.2) is 0 Å². The average molecular weight is 288 g/mol. The third-order valence-corrected chi connectivity index (χ3v) is 4.66. The minimum absolute atomic E-state index is 0.0252. The largest absolute Gasteiger partial charge is 0.352 e. The summed E-state index contributed by atoms with van der Waals surface area (Å²) >= 11 is 0. The molecule has 0 bridgehead atoms. The van der Waals surface area contributed by atoms with Crippen LogP contribution in [0, 0.1) is 0 Å². The molecule has 1 aromatic rings. The normalized spacial score (nSPS) is 22.6. The van der Waals surface area contributed by atoms with Gasteiger partial charge >= 0.3 is 0 Å². The molecule has 114 valence electrons. The van der Waals surface area contributed by atoms with Crippen LogP contribution >= 0.6 is 0 Å². The van der Waals surface area contributed by atoms with Gasteiger partial charge in [0.15, 0.2) is 11.5 Å². The number of nitrogens with zero attached hydrogens (tertiary/aromatic N) is 4. The van der Waals surface area contributed by atoms with Crippen LogP contribution in [0.1, 0.15) is 55.9 Å². The third kappa shape index (κ3) is 3.01. The molecule has 0 aliphatic carbocycles. The summed E-state index contributed by atoms with van der Waals surface area (Å²) in [5, 5.41) is 8.51. The molecule has 0 aromatic carbocycles. The van der Waals surface area contributed by atoms with Crippen molar-refractivity contribution in [3.05, 3.63) is 17.8 Å². The van der Waals surface area contributed by atoms with Gasteiger partial charge in [0.2, 0.25) is 0 Å². The molecule has 5 heteroatoms. The van der Waals surface area contributed by atoms with Crippen molar-refractivity contribution in [3.63, 3.8) is 0 Å². The molecule has 0 saturated carbocycles. The molecule has 5 nitrogen and oxygen atoms in total. The summed E-state index contributed by atoms with van der Waals surface area (Å²) in [5.41, 5.74) is 0.478. The lowest BCUT2D eigenvalue weighted by Crippen LogP contribution is -2.40. The van der Waals surface area contributed by atoms with E-state index in [1.165, 1.54) is 19.3 Å². The maximum Gasteiger partial charge on any atom is 0.274 e. The van der Waals surface area contributed by atoms with Crippen LogP contribution < -0.4 is 4.90 Å². The molecule has 1 amide bonds. The van der Waals surface area contributed by atoms with Crippen LogP contribution in [0.15, 0.2) is 12.1 Å². The molecule has 3 heterocycles. The van der Waals surface area contributed by atoms with Gasteiger partial charge in [-0.2, -0.15) is 0 Å². The van der Waals surface area contributed by atoms with Crippen LogP contribution in [-0.2, 0) is 0 Å². The van der Waals surface area contributed by atoms with E-state index in [4.69, 9.17) is 0 Å². The number of carbonyl (C=O) groups is 1. The number of carbonyl (C=O) groups excluding carboxylic acids is 1. The van der Waals surface area contributed by atoms with E-state index in [1.807, 2.05) is 17.0 Å². The van der Waals surface area contributed by atoms with Gasteiger partial charge in [0, 0.05) is 25.7 Å². The monoisotopic (exact) mass is 288 g/mol. The lowest BCUT2D eigenvalue weighted by atomic mass is 10.0. The van der Waals surface area contributed by atoms with Crippen molar-refractivity contribution < 1.29 is 4.79 Å². The average Bonchev–Trinajstić information content (AvgIpc) is 3.09. The molecule has 2 saturated heterocycles. The van der Waals surface area contributed by atoms with Crippen molar-refractivity contribution in [2.24, 2.45) is 0 Å². The highest BCUT2D eigenvalue weighted by molar-refractivity contribution is 5.92. The molecule has 0 N–H and O–H groups in total. The number of piperidine rings is 1. The maximum absolute atomic E-state index is 12.3. The molecular weight excluding hydrogens is 264 g/mol. The molecule has 21 heavy (non-hydrogen) atoms. The van der Waals surface area contributed by atoms with Gasteiger partial charge in [-0.1, -0.05) is 6.92 Å². The number of anilines is 1. The quantitative estimate of drug-likeness (QED) is 0.857. The molecule has 0 spiro atoms. The molecule has 2 fully saturated rings. The first-order chi connectivity index (χ1) is 10.3. The molecular formula is C16H24N4O. The smallest absolute Gasteiger partial charge is 0.274 e. The van der Waals surface area contributed by atoms with Gasteiger partial charge in [-0.3, -0.25) is 4.79 Å². The second kappa shape index (κ2) is 6.41. The van der Waals surface area contributed by atoms with Crippen molar-refractivity contribution in [2.75, 3.05) is 24.5 Å². The summed E-state index contributed by atoms with van der Waals surface area (Å²) in [6.45, 7) is 4.98. The third-order valence-electron chi connectivity index (χ3n) is 4.66. The lowest BCUT2D eigenvalue weighted by molar-refractivity contribution is 0.0786. The highest BCUT2D eigenvalue weighted by Gasteiger charge is 2.24. The molecule has 1 unspecified atom stereocenters. The van der Waals surface area contributed by atoms with Gasteiger partial charge in [-0.05, 0) is 50.7 Å². The number of rotatable bonds is 3. The predicted octanol–water partition coefficient (Wildman–Crippen LogP) is 2.48. The summed E-state index contributed by atoms with van der Waals surface area (Å²) < 4.78 is 0. The SMILES string of the molecule is CCC1CCCCN1c1ccc(C(=O)N2CCCC2)nn1. The molecule has 1 atom stereocenters. The van der Waals surface area contributed by atoms with Crippen molar-refractivity contribution in [1.82, 2.24) is 15.1 Å². The van der Waals surface area contributed by atoms with E-state index in [-0.39, 0.29) is 5.91 Å². The zero-order chi connectivity index (χ0) is 14.7. The fourth-order valence-corrected chi connectivity index (χ4v) is 3.40. The lowest BCUT2D eigenvalue weighted by Gasteiger charge is -2.35. The zero-order valence-corrected chi connectivity index (χ0v) is 12.8. The molecule has 1 aromatic heterocycles. The summed E-state index contributed by atoms with van der Waals surface area (Å²) in [6.07, 6.45) is 7.08. The predicted molar refractivity (Wildman–Crippen MR) is 82.4 cm³/mol. The van der Waals surface area contributed by atoms with Gasteiger partial charge < -0.3 is 9.80 Å². The van der Waals surface area contributed by atoms with E-state index in [9.17, 15) is 4.79 Å². The summed E-state index contributed by atoms with van der Waals surface area (Å²) in [7, 11) is 0. The highest BCUT2D eigenvalue weighted by atomic mass is 16.2. The van der Waals surface area contributed by atoms with Gasteiger partial charge in [0.1, 0.15) is 0 Å². The second-order valence-corrected chi connectivity index (χ2v) is 6.03. The van der Waals surface area contributed by atoms with Crippen molar-refractivity contribution in [2.45, 2.75) is 51.5 Å². The Kier molecular flexibility index (Phi) is 4.36. The fraction of sp³-hybridized carbons (Fsp3) is 0.688. The van der Waals surface area contributed by atoms with E-state index in [2.05, 4.69) is 22.0 Å². The Labute approximate surface area is 126 Å². The summed E-state index contributed by atoms with van der Waals surface area (Å²) in [6, 6.07) is 4.36. The number of hydrogen-bond donors (Lipinski definition) is 0. The Hall–Kier alpha value is -1.65. The molecule has 2 aliphatic heterocycles. The number of amides is 1. The highest BCUT2D eigenvalue weighted by Crippen LogP contribution is 2.24. The van der Waals surface area contributed by atoms with Crippen LogP contribution in [0.5, 0.6) is 0 Å².